The van der Waals surface area contributed by atoms with Crippen LogP contribution in [0.15, 0.2) is 30.5 Å². The number of nitrogens with zero attached hydrogens (tertiary/aromatic N) is 1. The third kappa shape index (κ3) is 2.82. The van der Waals surface area contributed by atoms with Gasteiger partial charge >= 0.3 is 5.97 Å². The van der Waals surface area contributed by atoms with Crippen LogP contribution in [0.1, 0.15) is 23.7 Å². The molecule has 0 aliphatic carbocycles. The number of hydrogen-bond acceptors (Lipinski definition) is 4. The molecule has 1 aromatic heterocycles. The van der Waals surface area contributed by atoms with Gasteiger partial charge in [0.1, 0.15) is 5.82 Å². The van der Waals surface area contributed by atoms with E-state index >= 15 is 0 Å². The molecular weight excluding hydrogens is 244 g/mol. The summed E-state index contributed by atoms with van der Waals surface area (Å²) in [5.74, 6) is -0.347. The van der Waals surface area contributed by atoms with Crippen molar-refractivity contribution in [3.63, 3.8) is 0 Å². The number of benzene rings is 1. The molecule has 5 nitrogen and oxygen atoms in total. The van der Waals surface area contributed by atoms with Crippen LogP contribution in [0.3, 0.4) is 0 Å². The number of carbonyl (C=O) groups is 1. The Hall–Kier alpha value is -2.14. The standard InChI is InChI=1S/C14H16N2O3/c1-9(6-7-17)16-13-11-5-3-2-4-10(11)12(8-15-13)14(18)19/h2-5,8-9,17H,6-7H2,1H3,(H,15,16)(H,18,19). The molecule has 0 saturated carbocycles. The molecule has 0 bridgehead atoms. The fourth-order valence-corrected chi connectivity index (χ4v) is 1.98. The number of hydrogen-bond donors (Lipinski definition) is 3. The van der Waals surface area contributed by atoms with Crippen molar-refractivity contribution < 1.29 is 15.0 Å². The van der Waals surface area contributed by atoms with Crippen molar-refractivity contribution in [2.45, 2.75) is 19.4 Å². The first kappa shape index (κ1) is 13.3. The van der Waals surface area contributed by atoms with E-state index in [2.05, 4.69) is 10.3 Å². The number of aromatic carboxylic acids is 1. The highest BCUT2D eigenvalue weighted by molar-refractivity contribution is 6.06. The Morgan fingerprint density at radius 1 is 1.37 bits per heavy atom. The summed E-state index contributed by atoms with van der Waals surface area (Å²) >= 11 is 0. The Labute approximate surface area is 110 Å². The molecule has 0 radical (unpaired) electrons. The molecule has 1 atom stereocenters. The molecule has 100 valence electrons. The Morgan fingerprint density at radius 3 is 2.68 bits per heavy atom. The summed E-state index contributed by atoms with van der Waals surface area (Å²) in [5.41, 5.74) is 0.191. The van der Waals surface area contributed by atoms with E-state index in [1.54, 1.807) is 12.1 Å². The van der Waals surface area contributed by atoms with E-state index in [4.69, 9.17) is 10.2 Å². The molecule has 5 heteroatoms. The molecule has 1 aromatic carbocycles. The smallest absolute Gasteiger partial charge is 0.337 e. The maximum absolute atomic E-state index is 11.2. The molecule has 0 aliphatic heterocycles. The van der Waals surface area contributed by atoms with Crippen molar-refractivity contribution in [1.29, 1.82) is 0 Å². The average Bonchev–Trinajstić information content (AvgIpc) is 2.39. The first-order valence-corrected chi connectivity index (χ1v) is 6.12. The minimum atomic E-state index is -0.987. The average molecular weight is 260 g/mol. The van der Waals surface area contributed by atoms with Crippen molar-refractivity contribution in [3.05, 3.63) is 36.0 Å². The van der Waals surface area contributed by atoms with Gasteiger partial charge in [0.05, 0.1) is 5.56 Å². The minimum Gasteiger partial charge on any atom is -0.478 e. The van der Waals surface area contributed by atoms with Gasteiger partial charge in [0.25, 0.3) is 0 Å². The molecule has 2 aromatic rings. The highest BCUT2D eigenvalue weighted by Crippen LogP contribution is 2.25. The summed E-state index contributed by atoms with van der Waals surface area (Å²) < 4.78 is 0. The topological polar surface area (TPSA) is 82.5 Å². The lowest BCUT2D eigenvalue weighted by molar-refractivity contribution is 0.0698. The number of anilines is 1. The maximum Gasteiger partial charge on any atom is 0.337 e. The monoisotopic (exact) mass is 260 g/mol. The summed E-state index contributed by atoms with van der Waals surface area (Å²) in [4.78, 5) is 15.3. The van der Waals surface area contributed by atoms with Gasteiger partial charge < -0.3 is 15.5 Å². The van der Waals surface area contributed by atoms with Crippen LogP contribution < -0.4 is 5.32 Å². The van der Waals surface area contributed by atoms with Crippen LogP contribution in [0.4, 0.5) is 5.82 Å². The summed E-state index contributed by atoms with van der Waals surface area (Å²) in [5, 5.41) is 22.7. The fourth-order valence-electron chi connectivity index (χ4n) is 1.98. The number of carboxylic acids is 1. The number of nitrogens with one attached hydrogen (secondary N) is 1. The second-order valence-corrected chi connectivity index (χ2v) is 4.43. The van der Waals surface area contributed by atoms with Crippen LogP contribution in [0.25, 0.3) is 10.8 Å². The zero-order valence-corrected chi connectivity index (χ0v) is 10.6. The molecular formula is C14H16N2O3. The second-order valence-electron chi connectivity index (χ2n) is 4.43. The van der Waals surface area contributed by atoms with E-state index in [1.165, 1.54) is 6.20 Å². The van der Waals surface area contributed by atoms with E-state index in [-0.39, 0.29) is 18.2 Å². The zero-order chi connectivity index (χ0) is 13.8. The third-order valence-electron chi connectivity index (χ3n) is 2.97. The largest absolute Gasteiger partial charge is 0.478 e. The number of aromatic nitrogens is 1. The second kappa shape index (κ2) is 5.67. The Kier molecular flexibility index (Phi) is 3.97. The van der Waals surface area contributed by atoms with Crippen LogP contribution in [0.2, 0.25) is 0 Å². The normalized spacial score (nSPS) is 12.3. The predicted molar refractivity (Wildman–Crippen MR) is 73.5 cm³/mol. The minimum absolute atomic E-state index is 0.0663. The Balaban J connectivity index is 2.46. The van der Waals surface area contributed by atoms with Crippen LogP contribution >= 0.6 is 0 Å². The van der Waals surface area contributed by atoms with Crippen molar-refractivity contribution >= 4 is 22.6 Å². The number of pyridine rings is 1. The lowest BCUT2D eigenvalue weighted by atomic mass is 10.1. The van der Waals surface area contributed by atoms with Crippen LogP contribution in [0.5, 0.6) is 0 Å². The van der Waals surface area contributed by atoms with E-state index in [0.717, 1.165) is 5.39 Å². The van der Waals surface area contributed by atoms with Crippen molar-refractivity contribution in [2.24, 2.45) is 0 Å². The van der Waals surface area contributed by atoms with E-state index in [0.29, 0.717) is 17.6 Å². The molecule has 1 unspecified atom stereocenters. The Morgan fingerprint density at radius 2 is 2.05 bits per heavy atom. The first-order chi connectivity index (χ1) is 9.13. The highest BCUT2D eigenvalue weighted by atomic mass is 16.4. The molecule has 0 fully saturated rings. The SMILES string of the molecule is CC(CCO)Nc1ncc(C(=O)O)c2ccccc12. The van der Waals surface area contributed by atoms with Crippen molar-refractivity contribution in [2.75, 3.05) is 11.9 Å². The van der Waals surface area contributed by atoms with Gasteiger partial charge in [0.2, 0.25) is 0 Å². The number of fused-ring (bicyclic) bond motifs is 1. The van der Waals surface area contributed by atoms with E-state index in [9.17, 15) is 4.79 Å². The molecule has 19 heavy (non-hydrogen) atoms. The maximum atomic E-state index is 11.2. The number of carboxylic acid groups (broad SMARTS) is 1. The quantitative estimate of drug-likeness (QED) is 0.767. The summed E-state index contributed by atoms with van der Waals surface area (Å²) in [6.07, 6.45) is 1.97. The predicted octanol–water partition coefficient (Wildman–Crippen LogP) is 2.12. The summed E-state index contributed by atoms with van der Waals surface area (Å²) in [7, 11) is 0. The molecule has 0 aliphatic rings. The van der Waals surface area contributed by atoms with Crippen molar-refractivity contribution in [1.82, 2.24) is 4.98 Å². The molecule has 0 spiro atoms. The lowest BCUT2D eigenvalue weighted by Crippen LogP contribution is -2.18. The highest BCUT2D eigenvalue weighted by Gasteiger charge is 2.13. The van der Waals surface area contributed by atoms with Gasteiger partial charge in [-0.05, 0) is 13.3 Å². The van der Waals surface area contributed by atoms with Gasteiger partial charge in [0, 0.05) is 29.6 Å². The Bertz CT molecular complexity index is 598. The number of aliphatic hydroxyl groups is 1. The molecule has 3 N–H and O–H groups in total. The van der Waals surface area contributed by atoms with Gasteiger partial charge in [-0.15, -0.1) is 0 Å². The van der Waals surface area contributed by atoms with Gasteiger partial charge in [0.15, 0.2) is 0 Å². The number of aliphatic hydroxyl groups excluding tert-OH is 1. The molecule has 1 heterocycles. The van der Waals surface area contributed by atoms with Gasteiger partial charge in [-0.25, -0.2) is 9.78 Å². The van der Waals surface area contributed by atoms with Gasteiger partial charge in [-0.1, -0.05) is 24.3 Å². The van der Waals surface area contributed by atoms with E-state index < -0.39 is 5.97 Å². The van der Waals surface area contributed by atoms with Crippen LogP contribution in [-0.4, -0.2) is 33.8 Å². The van der Waals surface area contributed by atoms with Crippen LogP contribution in [0, 0.1) is 0 Å². The summed E-state index contributed by atoms with van der Waals surface area (Å²) in [6.45, 7) is 2.04. The molecule has 0 amide bonds. The van der Waals surface area contributed by atoms with Crippen LogP contribution in [-0.2, 0) is 0 Å². The summed E-state index contributed by atoms with van der Waals surface area (Å²) in [6, 6.07) is 7.31. The molecule has 2 rings (SSSR count). The third-order valence-corrected chi connectivity index (χ3v) is 2.97. The first-order valence-electron chi connectivity index (χ1n) is 6.12. The van der Waals surface area contributed by atoms with Crippen molar-refractivity contribution in [3.8, 4) is 0 Å². The van der Waals surface area contributed by atoms with E-state index in [1.807, 2.05) is 19.1 Å². The van der Waals surface area contributed by atoms with Gasteiger partial charge in [-0.3, -0.25) is 0 Å². The number of rotatable bonds is 5. The lowest BCUT2D eigenvalue weighted by Gasteiger charge is -2.15. The fraction of sp³-hybridized carbons (Fsp3) is 0.286. The van der Waals surface area contributed by atoms with Gasteiger partial charge in [-0.2, -0.15) is 0 Å². The molecule has 0 saturated heterocycles. The zero-order valence-electron chi connectivity index (χ0n) is 10.6.